The van der Waals surface area contributed by atoms with Crippen LogP contribution in [0.3, 0.4) is 0 Å². The first-order chi connectivity index (χ1) is 6.66. The van der Waals surface area contributed by atoms with Crippen LogP contribution in [-0.2, 0) is 0 Å². The highest BCUT2D eigenvalue weighted by Crippen LogP contribution is 2.23. The second kappa shape index (κ2) is 3.02. The van der Waals surface area contributed by atoms with Gasteiger partial charge in [-0.2, -0.15) is 4.98 Å². The molecule has 0 fully saturated rings. The van der Waals surface area contributed by atoms with Crippen molar-refractivity contribution >= 4 is 11.6 Å². The summed E-state index contributed by atoms with van der Waals surface area (Å²) in [5, 5.41) is 3.52. The van der Waals surface area contributed by atoms with Crippen LogP contribution in [0.5, 0.6) is 0 Å². The number of nitrogen functional groups attached to an aromatic ring is 2. The van der Waals surface area contributed by atoms with Crippen molar-refractivity contribution in [3.63, 3.8) is 0 Å². The van der Waals surface area contributed by atoms with Gasteiger partial charge < -0.3 is 16.0 Å². The Labute approximate surface area is 80.7 Å². The molecule has 0 aliphatic heterocycles. The van der Waals surface area contributed by atoms with E-state index in [-0.39, 0.29) is 5.95 Å². The van der Waals surface area contributed by atoms with Gasteiger partial charge in [0.25, 0.3) is 11.8 Å². The molecule has 5 nitrogen and oxygen atoms in total. The molecule has 0 spiro atoms. The van der Waals surface area contributed by atoms with E-state index in [1.54, 1.807) is 6.07 Å². The summed E-state index contributed by atoms with van der Waals surface area (Å²) in [6.45, 7) is 1.92. The predicted octanol–water partition coefficient (Wildman–Crippen LogP) is 1.21. The van der Waals surface area contributed by atoms with Crippen LogP contribution < -0.4 is 11.5 Å². The van der Waals surface area contributed by atoms with Crippen LogP contribution in [0.1, 0.15) is 5.56 Å². The fraction of sp³-hybridized carbons (Fsp3) is 0.111. The highest BCUT2D eigenvalue weighted by Gasteiger charge is 2.08. The molecule has 4 N–H and O–H groups in total. The molecule has 2 rings (SSSR count). The monoisotopic (exact) mass is 190 g/mol. The molecule has 0 bridgehead atoms. The number of hydrogen-bond acceptors (Lipinski definition) is 5. The van der Waals surface area contributed by atoms with Crippen LogP contribution in [0.4, 0.5) is 11.6 Å². The van der Waals surface area contributed by atoms with Gasteiger partial charge in [-0.3, -0.25) is 0 Å². The zero-order valence-corrected chi connectivity index (χ0v) is 7.69. The SMILES string of the molecule is Cc1cc(N)ccc1-c1nc(N)no1. The maximum atomic E-state index is 5.62. The average Bonchev–Trinajstić information content (AvgIpc) is 2.51. The normalized spacial score (nSPS) is 10.4. The first kappa shape index (κ1) is 8.55. The molecular formula is C9H10N4O. The van der Waals surface area contributed by atoms with Gasteiger partial charge in [-0.05, 0) is 35.8 Å². The maximum absolute atomic E-state index is 5.62. The van der Waals surface area contributed by atoms with Crippen molar-refractivity contribution in [3.05, 3.63) is 23.8 Å². The van der Waals surface area contributed by atoms with E-state index >= 15 is 0 Å². The van der Waals surface area contributed by atoms with Crippen LogP contribution in [0.25, 0.3) is 11.5 Å². The Morgan fingerprint density at radius 1 is 1.29 bits per heavy atom. The zero-order valence-electron chi connectivity index (χ0n) is 7.69. The first-order valence-electron chi connectivity index (χ1n) is 4.12. The average molecular weight is 190 g/mol. The number of aryl methyl sites for hydroxylation is 1. The number of nitrogens with two attached hydrogens (primary N) is 2. The van der Waals surface area contributed by atoms with Gasteiger partial charge in [0.05, 0.1) is 0 Å². The van der Waals surface area contributed by atoms with Gasteiger partial charge in [0.1, 0.15) is 0 Å². The molecule has 72 valence electrons. The zero-order chi connectivity index (χ0) is 10.1. The third-order valence-electron chi connectivity index (χ3n) is 1.92. The van der Waals surface area contributed by atoms with E-state index in [1.165, 1.54) is 0 Å². The lowest BCUT2D eigenvalue weighted by atomic mass is 10.1. The summed E-state index contributed by atoms with van der Waals surface area (Å²) in [6.07, 6.45) is 0. The Morgan fingerprint density at radius 3 is 2.64 bits per heavy atom. The second-order valence-corrected chi connectivity index (χ2v) is 3.03. The molecule has 5 heteroatoms. The fourth-order valence-corrected chi connectivity index (χ4v) is 1.27. The van der Waals surface area contributed by atoms with Crippen molar-refractivity contribution in [2.45, 2.75) is 6.92 Å². The quantitative estimate of drug-likeness (QED) is 0.659. The topological polar surface area (TPSA) is 91.0 Å². The first-order valence-corrected chi connectivity index (χ1v) is 4.12. The van der Waals surface area contributed by atoms with Crippen molar-refractivity contribution < 1.29 is 4.52 Å². The Hall–Kier alpha value is -2.04. The summed E-state index contributed by atoms with van der Waals surface area (Å²) in [4.78, 5) is 3.93. The van der Waals surface area contributed by atoms with E-state index in [4.69, 9.17) is 16.0 Å². The Morgan fingerprint density at radius 2 is 2.07 bits per heavy atom. The van der Waals surface area contributed by atoms with Gasteiger partial charge in [0.15, 0.2) is 0 Å². The fourth-order valence-electron chi connectivity index (χ4n) is 1.27. The third-order valence-corrected chi connectivity index (χ3v) is 1.92. The van der Waals surface area contributed by atoms with E-state index in [1.807, 2.05) is 19.1 Å². The van der Waals surface area contributed by atoms with Gasteiger partial charge in [-0.15, -0.1) is 0 Å². The van der Waals surface area contributed by atoms with Crippen molar-refractivity contribution in [1.29, 1.82) is 0 Å². The van der Waals surface area contributed by atoms with Crippen LogP contribution in [0.15, 0.2) is 22.7 Å². The Balaban J connectivity index is 2.52. The van der Waals surface area contributed by atoms with E-state index in [2.05, 4.69) is 10.1 Å². The number of rotatable bonds is 1. The molecule has 1 heterocycles. The number of benzene rings is 1. The van der Waals surface area contributed by atoms with Gasteiger partial charge in [0.2, 0.25) is 0 Å². The minimum atomic E-state index is 0.135. The van der Waals surface area contributed by atoms with Crippen LogP contribution in [0.2, 0.25) is 0 Å². The summed E-state index contributed by atoms with van der Waals surface area (Å²) in [6, 6.07) is 5.45. The lowest BCUT2D eigenvalue weighted by molar-refractivity contribution is 0.433. The molecule has 0 saturated carbocycles. The van der Waals surface area contributed by atoms with Gasteiger partial charge in [-0.25, -0.2) is 0 Å². The van der Waals surface area contributed by atoms with Crippen LogP contribution in [-0.4, -0.2) is 10.1 Å². The predicted molar refractivity (Wildman–Crippen MR) is 53.3 cm³/mol. The molecule has 0 atom stereocenters. The Bertz CT molecular complexity index is 464. The molecule has 0 aliphatic carbocycles. The summed E-state index contributed by atoms with van der Waals surface area (Å²) in [5.74, 6) is 0.552. The molecule has 0 amide bonds. The highest BCUT2D eigenvalue weighted by molar-refractivity contribution is 5.62. The smallest absolute Gasteiger partial charge is 0.261 e. The van der Waals surface area contributed by atoms with Gasteiger partial charge >= 0.3 is 0 Å². The van der Waals surface area contributed by atoms with Crippen molar-refractivity contribution in [3.8, 4) is 11.5 Å². The maximum Gasteiger partial charge on any atom is 0.261 e. The number of hydrogen-bond donors (Lipinski definition) is 2. The Kier molecular flexibility index (Phi) is 1.85. The minimum Gasteiger partial charge on any atom is -0.399 e. The second-order valence-electron chi connectivity index (χ2n) is 3.03. The number of aromatic nitrogens is 2. The molecule has 2 aromatic rings. The number of anilines is 2. The largest absolute Gasteiger partial charge is 0.399 e. The lowest BCUT2D eigenvalue weighted by Gasteiger charge is -2.00. The van der Waals surface area contributed by atoms with Crippen molar-refractivity contribution in [2.75, 3.05) is 11.5 Å². The number of nitrogens with zero attached hydrogens (tertiary/aromatic N) is 2. The van der Waals surface area contributed by atoms with Crippen molar-refractivity contribution in [2.24, 2.45) is 0 Å². The minimum absolute atomic E-state index is 0.135. The van der Waals surface area contributed by atoms with E-state index in [0.29, 0.717) is 11.6 Å². The van der Waals surface area contributed by atoms with Gasteiger partial charge in [0, 0.05) is 11.3 Å². The molecule has 1 aromatic heterocycles. The molecule has 0 saturated heterocycles. The molecular weight excluding hydrogens is 180 g/mol. The highest BCUT2D eigenvalue weighted by atomic mass is 16.5. The molecule has 14 heavy (non-hydrogen) atoms. The standard InChI is InChI=1S/C9H10N4O/c1-5-4-6(10)2-3-7(5)8-12-9(11)13-14-8/h2-4H,10H2,1H3,(H2,11,13). The lowest BCUT2D eigenvalue weighted by Crippen LogP contribution is -1.89. The van der Waals surface area contributed by atoms with Crippen molar-refractivity contribution in [1.82, 2.24) is 10.1 Å². The summed E-state index contributed by atoms with van der Waals surface area (Å²) in [5.41, 5.74) is 13.5. The molecule has 0 unspecified atom stereocenters. The summed E-state index contributed by atoms with van der Waals surface area (Å²) in [7, 11) is 0. The molecule has 1 aromatic carbocycles. The third kappa shape index (κ3) is 1.39. The van der Waals surface area contributed by atoms with E-state index in [0.717, 1.165) is 11.1 Å². The molecule has 0 radical (unpaired) electrons. The van der Waals surface area contributed by atoms with E-state index < -0.39 is 0 Å². The van der Waals surface area contributed by atoms with E-state index in [9.17, 15) is 0 Å². The van der Waals surface area contributed by atoms with Gasteiger partial charge in [-0.1, -0.05) is 0 Å². The molecule has 0 aliphatic rings. The summed E-state index contributed by atoms with van der Waals surface area (Å²) < 4.78 is 4.94. The summed E-state index contributed by atoms with van der Waals surface area (Å²) >= 11 is 0. The van der Waals surface area contributed by atoms with Crippen LogP contribution >= 0.6 is 0 Å². The van der Waals surface area contributed by atoms with Crippen LogP contribution in [0, 0.1) is 6.92 Å².